The molecule has 0 saturated carbocycles. The quantitative estimate of drug-likeness (QED) is 0.754. The second kappa shape index (κ2) is 7.45. The number of rotatable bonds is 8. The van der Waals surface area contributed by atoms with Crippen molar-refractivity contribution in [2.24, 2.45) is 5.73 Å². The second-order valence-corrected chi connectivity index (χ2v) is 4.64. The van der Waals surface area contributed by atoms with Crippen LogP contribution in [0.15, 0.2) is 12.3 Å². The van der Waals surface area contributed by atoms with Crippen molar-refractivity contribution >= 4 is 0 Å². The zero-order valence-electron chi connectivity index (χ0n) is 11.4. The molecule has 2 N–H and O–H groups in total. The Kier molecular flexibility index (Phi) is 6.22. The maximum absolute atomic E-state index is 5.50. The largest absolute Gasteiger partial charge is 0.330 e. The Morgan fingerprint density at radius 2 is 2.12 bits per heavy atom. The molecule has 4 heteroatoms. The first-order valence-corrected chi connectivity index (χ1v) is 6.63. The maximum atomic E-state index is 5.50. The molecule has 0 spiro atoms. The lowest BCUT2D eigenvalue weighted by Crippen LogP contribution is -2.21. The Bertz CT molecular complexity index is 304. The minimum atomic E-state index is 0.540. The molecule has 17 heavy (non-hydrogen) atoms. The number of nitrogens with two attached hydrogens (primary N) is 1. The monoisotopic (exact) mass is 238 g/mol. The van der Waals surface area contributed by atoms with Crippen molar-refractivity contribution in [2.45, 2.75) is 45.7 Å². The van der Waals surface area contributed by atoms with Crippen LogP contribution in [0.25, 0.3) is 0 Å². The Hall–Kier alpha value is -0.870. The van der Waals surface area contributed by atoms with E-state index in [0.717, 1.165) is 44.6 Å². The molecule has 4 nitrogen and oxygen atoms in total. The van der Waals surface area contributed by atoms with Crippen LogP contribution in [0.3, 0.4) is 0 Å². The molecular weight excluding hydrogens is 212 g/mol. The van der Waals surface area contributed by atoms with Crippen LogP contribution in [0.4, 0.5) is 0 Å². The van der Waals surface area contributed by atoms with Gasteiger partial charge in [0.15, 0.2) is 0 Å². The Morgan fingerprint density at radius 3 is 2.71 bits per heavy atom. The van der Waals surface area contributed by atoms with Gasteiger partial charge in [0.05, 0.1) is 11.7 Å². The van der Waals surface area contributed by atoms with E-state index in [1.807, 2.05) is 0 Å². The summed E-state index contributed by atoms with van der Waals surface area (Å²) in [6.45, 7) is 7.12. The van der Waals surface area contributed by atoms with Crippen molar-refractivity contribution in [1.82, 2.24) is 14.7 Å². The van der Waals surface area contributed by atoms with Crippen molar-refractivity contribution in [2.75, 3.05) is 20.1 Å². The highest BCUT2D eigenvalue weighted by Crippen LogP contribution is 2.14. The molecule has 0 saturated heterocycles. The highest BCUT2D eigenvalue weighted by molar-refractivity contribution is 4.99. The van der Waals surface area contributed by atoms with Crippen molar-refractivity contribution < 1.29 is 0 Å². The summed E-state index contributed by atoms with van der Waals surface area (Å²) in [5, 5.41) is 4.64. The predicted molar refractivity (Wildman–Crippen MR) is 71.9 cm³/mol. The molecule has 0 bridgehead atoms. The van der Waals surface area contributed by atoms with Crippen LogP contribution in [0, 0.1) is 0 Å². The Labute approximate surface area is 105 Å². The van der Waals surface area contributed by atoms with Crippen molar-refractivity contribution in [3.8, 4) is 0 Å². The fourth-order valence-electron chi connectivity index (χ4n) is 2.04. The number of aromatic nitrogens is 2. The summed E-state index contributed by atoms with van der Waals surface area (Å²) in [5.41, 5.74) is 6.65. The van der Waals surface area contributed by atoms with Gasteiger partial charge < -0.3 is 10.6 Å². The molecule has 0 fully saturated rings. The van der Waals surface area contributed by atoms with Gasteiger partial charge in [-0.3, -0.25) is 4.68 Å². The molecule has 1 aromatic rings. The van der Waals surface area contributed by atoms with Gasteiger partial charge in [-0.1, -0.05) is 13.8 Å². The maximum Gasteiger partial charge on any atom is 0.0764 e. The summed E-state index contributed by atoms with van der Waals surface area (Å²) in [6, 6.07) is 2.66. The standard InChI is InChI=1S/C13H26N4/c1-4-13(5-2)17-10-7-12(15-17)11-16(3)9-6-8-14/h7,10,13H,4-6,8-9,11,14H2,1-3H3. The van der Waals surface area contributed by atoms with Gasteiger partial charge in [0.25, 0.3) is 0 Å². The molecule has 0 aliphatic heterocycles. The second-order valence-electron chi connectivity index (χ2n) is 4.64. The third-order valence-electron chi connectivity index (χ3n) is 3.16. The topological polar surface area (TPSA) is 47.1 Å². The summed E-state index contributed by atoms with van der Waals surface area (Å²) in [4.78, 5) is 2.27. The molecule has 0 radical (unpaired) electrons. The van der Waals surface area contributed by atoms with Gasteiger partial charge >= 0.3 is 0 Å². The first-order chi connectivity index (χ1) is 8.21. The van der Waals surface area contributed by atoms with Crippen LogP contribution in [-0.2, 0) is 6.54 Å². The zero-order valence-corrected chi connectivity index (χ0v) is 11.4. The predicted octanol–water partition coefficient (Wildman–Crippen LogP) is 2.02. The van der Waals surface area contributed by atoms with Gasteiger partial charge in [-0.15, -0.1) is 0 Å². The summed E-state index contributed by atoms with van der Waals surface area (Å²) in [5.74, 6) is 0. The molecule has 0 amide bonds. The van der Waals surface area contributed by atoms with Crippen LogP contribution >= 0.6 is 0 Å². The van der Waals surface area contributed by atoms with Crippen molar-refractivity contribution in [3.63, 3.8) is 0 Å². The summed E-state index contributed by atoms with van der Waals surface area (Å²) < 4.78 is 2.10. The van der Waals surface area contributed by atoms with Crippen LogP contribution in [0.2, 0.25) is 0 Å². The van der Waals surface area contributed by atoms with Crippen LogP contribution in [0.1, 0.15) is 44.8 Å². The normalized spacial score (nSPS) is 11.6. The van der Waals surface area contributed by atoms with E-state index in [4.69, 9.17) is 5.73 Å². The van der Waals surface area contributed by atoms with E-state index in [1.165, 1.54) is 0 Å². The zero-order chi connectivity index (χ0) is 12.7. The first-order valence-electron chi connectivity index (χ1n) is 6.63. The molecule has 0 aromatic carbocycles. The van der Waals surface area contributed by atoms with Crippen molar-refractivity contribution in [3.05, 3.63) is 18.0 Å². The van der Waals surface area contributed by atoms with E-state index < -0.39 is 0 Å². The lowest BCUT2D eigenvalue weighted by atomic mass is 10.2. The summed E-state index contributed by atoms with van der Waals surface area (Å²) >= 11 is 0. The molecule has 1 rings (SSSR count). The minimum absolute atomic E-state index is 0.540. The van der Waals surface area contributed by atoms with Gasteiger partial charge in [0.2, 0.25) is 0 Å². The third kappa shape index (κ3) is 4.48. The highest BCUT2D eigenvalue weighted by atomic mass is 15.3. The van der Waals surface area contributed by atoms with E-state index in [9.17, 15) is 0 Å². The van der Waals surface area contributed by atoms with E-state index in [2.05, 4.69) is 47.8 Å². The summed E-state index contributed by atoms with van der Waals surface area (Å²) in [6.07, 6.45) is 5.43. The average molecular weight is 238 g/mol. The van der Waals surface area contributed by atoms with E-state index in [1.54, 1.807) is 0 Å². The van der Waals surface area contributed by atoms with Gasteiger partial charge in [0.1, 0.15) is 0 Å². The number of hydrogen-bond donors (Lipinski definition) is 1. The van der Waals surface area contributed by atoms with Crippen molar-refractivity contribution in [1.29, 1.82) is 0 Å². The Balaban J connectivity index is 2.50. The molecule has 1 heterocycles. The fraction of sp³-hybridized carbons (Fsp3) is 0.769. The SMILES string of the molecule is CCC(CC)n1ccc(CN(C)CCCN)n1. The third-order valence-corrected chi connectivity index (χ3v) is 3.16. The van der Waals surface area contributed by atoms with Crippen LogP contribution in [0.5, 0.6) is 0 Å². The molecule has 0 atom stereocenters. The van der Waals surface area contributed by atoms with Gasteiger partial charge in [-0.25, -0.2) is 0 Å². The number of nitrogens with zero attached hydrogens (tertiary/aromatic N) is 3. The smallest absolute Gasteiger partial charge is 0.0764 e. The number of hydrogen-bond acceptors (Lipinski definition) is 3. The molecule has 0 aliphatic rings. The first kappa shape index (κ1) is 14.2. The molecule has 0 aliphatic carbocycles. The van der Waals surface area contributed by atoms with Crippen LogP contribution in [-0.4, -0.2) is 34.8 Å². The average Bonchev–Trinajstić information content (AvgIpc) is 2.76. The summed E-state index contributed by atoms with van der Waals surface area (Å²) in [7, 11) is 2.12. The lowest BCUT2D eigenvalue weighted by Gasteiger charge is -2.15. The van der Waals surface area contributed by atoms with Gasteiger partial charge in [-0.2, -0.15) is 5.10 Å². The highest BCUT2D eigenvalue weighted by Gasteiger charge is 2.08. The van der Waals surface area contributed by atoms with Gasteiger partial charge in [-0.05, 0) is 45.5 Å². The Morgan fingerprint density at radius 1 is 1.41 bits per heavy atom. The molecule has 0 unspecified atom stereocenters. The van der Waals surface area contributed by atoms with E-state index >= 15 is 0 Å². The molecule has 1 aromatic heterocycles. The van der Waals surface area contributed by atoms with E-state index in [-0.39, 0.29) is 0 Å². The van der Waals surface area contributed by atoms with Crippen LogP contribution < -0.4 is 5.73 Å². The van der Waals surface area contributed by atoms with Gasteiger partial charge in [0, 0.05) is 12.7 Å². The molecular formula is C13H26N4. The lowest BCUT2D eigenvalue weighted by molar-refractivity contribution is 0.316. The van der Waals surface area contributed by atoms with E-state index in [0.29, 0.717) is 6.04 Å². The molecule has 98 valence electrons. The minimum Gasteiger partial charge on any atom is -0.330 e. The fourth-order valence-corrected chi connectivity index (χ4v) is 2.04.